The number of amides is 2. The molecule has 6 nitrogen and oxygen atoms in total. The highest BCUT2D eigenvalue weighted by atomic mass is 16.5. The maximum atomic E-state index is 13.2. The van der Waals surface area contributed by atoms with E-state index in [9.17, 15) is 9.59 Å². The highest BCUT2D eigenvalue weighted by Crippen LogP contribution is 2.28. The standard InChI is InChI=1S/C20H22N2O4/c1-13-4-6-14(7-5-13)18-19(23)21-8-9-22(18)20(24)15-10-16(25-2)12-17(11-15)26-3/h4-7,10-12,18H,8-9H2,1-3H3,(H,21,23). The molecular weight excluding hydrogens is 332 g/mol. The summed E-state index contributed by atoms with van der Waals surface area (Å²) in [6, 6.07) is 12.0. The van der Waals surface area contributed by atoms with Gasteiger partial charge in [-0.15, -0.1) is 0 Å². The first-order chi connectivity index (χ1) is 12.5. The minimum atomic E-state index is -0.658. The molecule has 3 rings (SSSR count). The Kier molecular flexibility index (Phi) is 5.11. The van der Waals surface area contributed by atoms with Crippen molar-refractivity contribution in [2.45, 2.75) is 13.0 Å². The molecule has 0 radical (unpaired) electrons. The molecule has 2 aromatic rings. The lowest BCUT2D eigenvalue weighted by atomic mass is 10.00. The minimum absolute atomic E-state index is 0.177. The fourth-order valence-electron chi connectivity index (χ4n) is 3.06. The number of methoxy groups -OCH3 is 2. The summed E-state index contributed by atoms with van der Waals surface area (Å²) in [5.74, 6) is 0.646. The van der Waals surface area contributed by atoms with Crippen LogP contribution in [0.3, 0.4) is 0 Å². The second-order valence-corrected chi connectivity index (χ2v) is 6.20. The predicted octanol–water partition coefficient (Wildman–Crippen LogP) is 2.33. The molecule has 1 aliphatic rings. The first-order valence-electron chi connectivity index (χ1n) is 8.42. The third-order valence-corrected chi connectivity index (χ3v) is 4.46. The van der Waals surface area contributed by atoms with E-state index in [4.69, 9.17) is 9.47 Å². The highest BCUT2D eigenvalue weighted by Gasteiger charge is 2.35. The van der Waals surface area contributed by atoms with Crippen molar-refractivity contribution in [1.29, 1.82) is 0 Å². The van der Waals surface area contributed by atoms with Gasteiger partial charge in [0.05, 0.1) is 14.2 Å². The van der Waals surface area contributed by atoms with E-state index in [0.717, 1.165) is 11.1 Å². The number of aryl methyl sites for hydroxylation is 1. The molecular formula is C20H22N2O4. The summed E-state index contributed by atoms with van der Waals surface area (Å²) in [5, 5.41) is 2.84. The van der Waals surface area contributed by atoms with Crippen LogP contribution in [0.1, 0.15) is 27.5 Å². The average molecular weight is 354 g/mol. The molecule has 2 amide bonds. The van der Waals surface area contributed by atoms with Gasteiger partial charge in [0, 0.05) is 24.7 Å². The van der Waals surface area contributed by atoms with Gasteiger partial charge in [0.1, 0.15) is 17.5 Å². The Morgan fingerprint density at radius 2 is 1.69 bits per heavy atom. The number of ether oxygens (including phenoxy) is 2. The lowest BCUT2D eigenvalue weighted by molar-refractivity contribution is -0.128. The van der Waals surface area contributed by atoms with Crippen LogP contribution in [0, 0.1) is 6.92 Å². The molecule has 6 heteroatoms. The molecule has 1 heterocycles. The fraction of sp³-hybridized carbons (Fsp3) is 0.300. The first-order valence-corrected chi connectivity index (χ1v) is 8.42. The van der Waals surface area contributed by atoms with Gasteiger partial charge in [0.2, 0.25) is 5.91 Å². The number of carbonyl (C=O) groups excluding carboxylic acids is 2. The van der Waals surface area contributed by atoms with E-state index in [1.54, 1.807) is 23.1 Å². The normalized spacial score (nSPS) is 16.8. The van der Waals surface area contributed by atoms with E-state index in [1.165, 1.54) is 14.2 Å². The van der Waals surface area contributed by atoms with Crippen molar-refractivity contribution in [2.75, 3.05) is 27.3 Å². The topological polar surface area (TPSA) is 67.9 Å². The fourth-order valence-corrected chi connectivity index (χ4v) is 3.06. The molecule has 1 N–H and O–H groups in total. The second kappa shape index (κ2) is 7.47. The Bertz CT molecular complexity index is 795. The molecule has 26 heavy (non-hydrogen) atoms. The van der Waals surface area contributed by atoms with Crippen molar-refractivity contribution in [3.05, 3.63) is 59.2 Å². The van der Waals surface area contributed by atoms with Gasteiger partial charge in [-0.25, -0.2) is 0 Å². The van der Waals surface area contributed by atoms with Crippen LogP contribution in [0.2, 0.25) is 0 Å². The van der Waals surface area contributed by atoms with Gasteiger partial charge in [-0.2, -0.15) is 0 Å². The number of nitrogens with one attached hydrogen (secondary N) is 1. The molecule has 0 spiro atoms. The molecule has 2 aromatic carbocycles. The van der Waals surface area contributed by atoms with Crippen LogP contribution in [0.15, 0.2) is 42.5 Å². The second-order valence-electron chi connectivity index (χ2n) is 6.20. The molecule has 1 saturated heterocycles. The number of hydrogen-bond acceptors (Lipinski definition) is 4. The number of benzene rings is 2. The van der Waals surface area contributed by atoms with E-state index in [-0.39, 0.29) is 11.8 Å². The maximum Gasteiger partial charge on any atom is 0.255 e. The van der Waals surface area contributed by atoms with E-state index in [0.29, 0.717) is 30.2 Å². The summed E-state index contributed by atoms with van der Waals surface area (Å²) in [6.45, 7) is 2.84. The summed E-state index contributed by atoms with van der Waals surface area (Å²) < 4.78 is 10.5. The first kappa shape index (κ1) is 17.8. The van der Waals surface area contributed by atoms with Crippen molar-refractivity contribution < 1.29 is 19.1 Å². The SMILES string of the molecule is COc1cc(OC)cc(C(=O)N2CCNC(=O)C2c2ccc(C)cc2)c1. The summed E-state index contributed by atoms with van der Waals surface area (Å²) in [7, 11) is 3.07. The average Bonchev–Trinajstić information content (AvgIpc) is 2.67. The van der Waals surface area contributed by atoms with Crippen molar-refractivity contribution in [1.82, 2.24) is 10.2 Å². The Balaban J connectivity index is 1.98. The Labute approximate surface area is 152 Å². The summed E-state index contributed by atoms with van der Waals surface area (Å²) in [6.07, 6.45) is 0. The smallest absolute Gasteiger partial charge is 0.255 e. The summed E-state index contributed by atoms with van der Waals surface area (Å²) in [5.41, 5.74) is 2.31. The van der Waals surface area contributed by atoms with Gasteiger partial charge in [0.15, 0.2) is 0 Å². The van der Waals surface area contributed by atoms with Crippen molar-refractivity contribution in [2.24, 2.45) is 0 Å². The molecule has 1 atom stereocenters. The molecule has 1 fully saturated rings. The molecule has 0 bridgehead atoms. The molecule has 136 valence electrons. The van der Waals surface area contributed by atoms with Crippen molar-refractivity contribution in [3.8, 4) is 11.5 Å². The zero-order valence-electron chi connectivity index (χ0n) is 15.1. The third kappa shape index (κ3) is 3.49. The Morgan fingerprint density at radius 1 is 1.08 bits per heavy atom. The number of carbonyl (C=O) groups is 2. The van der Waals surface area contributed by atoms with Crippen LogP contribution in [-0.4, -0.2) is 44.0 Å². The van der Waals surface area contributed by atoms with Crippen LogP contribution in [0.25, 0.3) is 0 Å². The lowest BCUT2D eigenvalue weighted by Crippen LogP contribution is -2.52. The number of hydrogen-bond donors (Lipinski definition) is 1. The van der Waals surface area contributed by atoms with E-state index in [2.05, 4.69) is 5.32 Å². The number of nitrogens with zero attached hydrogens (tertiary/aromatic N) is 1. The van der Waals surface area contributed by atoms with E-state index in [1.807, 2.05) is 31.2 Å². The van der Waals surface area contributed by atoms with Gasteiger partial charge in [-0.3, -0.25) is 9.59 Å². The van der Waals surface area contributed by atoms with Crippen molar-refractivity contribution >= 4 is 11.8 Å². The lowest BCUT2D eigenvalue weighted by Gasteiger charge is -2.35. The highest BCUT2D eigenvalue weighted by molar-refractivity contribution is 5.99. The van der Waals surface area contributed by atoms with Gasteiger partial charge in [-0.05, 0) is 24.6 Å². The molecule has 1 aliphatic heterocycles. The van der Waals surface area contributed by atoms with Crippen LogP contribution < -0.4 is 14.8 Å². The number of rotatable bonds is 4. The third-order valence-electron chi connectivity index (χ3n) is 4.46. The monoisotopic (exact) mass is 354 g/mol. The van der Waals surface area contributed by atoms with Gasteiger partial charge in [-0.1, -0.05) is 29.8 Å². The zero-order valence-corrected chi connectivity index (χ0v) is 15.1. The molecule has 0 saturated carbocycles. The van der Waals surface area contributed by atoms with Gasteiger partial charge in [0.25, 0.3) is 5.91 Å². The largest absolute Gasteiger partial charge is 0.497 e. The zero-order chi connectivity index (χ0) is 18.7. The molecule has 0 aromatic heterocycles. The van der Waals surface area contributed by atoms with Crippen LogP contribution >= 0.6 is 0 Å². The van der Waals surface area contributed by atoms with Crippen LogP contribution in [0.4, 0.5) is 0 Å². The molecule has 0 aliphatic carbocycles. The Hall–Kier alpha value is -3.02. The quantitative estimate of drug-likeness (QED) is 0.915. The van der Waals surface area contributed by atoms with E-state index >= 15 is 0 Å². The number of piperazine rings is 1. The van der Waals surface area contributed by atoms with Gasteiger partial charge < -0.3 is 19.7 Å². The van der Waals surface area contributed by atoms with Crippen LogP contribution in [-0.2, 0) is 4.79 Å². The Morgan fingerprint density at radius 3 is 2.27 bits per heavy atom. The van der Waals surface area contributed by atoms with E-state index < -0.39 is 6.04 Å². The summed E-state index contributed by atoms with van der Waals surface area (Å²) in [4.78, 5) is 27.3. The summed E-state index contributed by atoms with van der Waals surface area (Å²) >= 11 is 0. The van der Waals surface area contributed by atoms with Gasteiger partial charge >= 0.3 is 0 Å². The molecule has 1 unspecified atom stereocenters. The predicted molar refractivity (Wildman–Crippen MR) is 97.5 cm³/mol. The maximum absolute atomic E-state index is 13.2. The van der Waals surface area contributed by atoms with Crippen molar-refractivity contribution in [3.63, 3.8) is 0 Å². The van der Waals surface area contributed by atoms with Crippen LogP contribution in [0.5, 0.6) is 11.5 Å². The minimum Gasteiger partial charge on any atom is -0.497 e.